The molecule has 1 fully saturated rings. The van der Waals surface area contributed by atoms with Crippen LogP contribution in [-0.2, 0) is 6.42 Å². The maximum Gasteiger partial charge on any atom is 0.0133 e. The summed E-state index contributed by atoms with van der Waals surface area (Å²) in [6, 6.07) is 7.32. The highest BCUT2D eigenvalue weighted by molar-refractivity contribution is 5.34. The highest BCUT2D eigenvalue weighted by Gasteiger charge is 2.29. The van der Waals surface area contributed by atoms with Crippen molar-refractivity contribution in [3.63, 3.8) is 0 Å². The highest BCUT2D eigenvalue weighted by Crippen LogP contribution is 2.36. The molecule has 1 aromatic carbocycles. The number of aryl methyl sites for hydroxylation is 2. The summed E-state index contributed by atoms with van der Waals surface area (Å²) in [6.45, 7) is 6.84. The van der Waals surface area contributed by atoms with E-state index in [9.17, 15) is 0 Å². The molecule has 1 aliphatic rings. The summed E-state index contributed by atoms with van der Waals surface area (Å²) in [5, 5.41) is 3.59. The molecule has 0 spiro atoms. The molecule has 0 bridgehead atoms. The Labute approximate surface area is 118 Å². The van der Waals surface area contributed by atoms with Crippen LogP contribution in [0.2, 0.25) is 0 Å². The largest absolute Gasteiger partial charge is 0.316 e. The summed E-state index contributed by atoms with van der Waals surface area (Å²) >= 11 is 0. The molecule has 1 nitrogen and oxygen atoms in total. The van der Waals surface area contributed by atoms with Gasteiger partial charge in [-0.15, -0.1) is 0 Å². The van der Waals surface area contributed by atoms with Crippen molar-refractivity contribution in [1.82, 2.24) is 5.32 Å². The lowest BCUT2D eigenvalue weighted by Crippen LogP contribution is -2.35. The molecule has 0 radical (unpaired) electrons. The van der Waals surface area contributed by atoms with Gasteiger partial charge in [0.2, 0.25) is 0 Å². The summed E-state index contributed by atoms with van der Waals surface area (Å²) in [5.74, 6) is 1.84. The molecule has 19 heavy (non-hydrogen) atoms. The Bertz CT molecular complexity index is 390. The van der Waals surface area contributed by atoms with E-state index in [1.165, 1.54) is 43.2 Å². The number of likely N-dealkylation sites (N-methyl/N-ethyl adjacent to an activating group) is 1. The quantitative estimate of drug-likeness (QED) is 0.833. The molecule has 2 rings (SSSR count). The SMILES string of the molecule is CCC1CCC(C(Cc2c(C)cccc2C)NC)C1. The highest BCUT2D eigenvalue weighted by atomic mass is 14.9. The van der Waals surface area contributed by atoms with Crippen LogP contribution >= 0.6 is 0 Å². The standard InChI is InChI=1S/C18H29N/c1-5-15-9-10-16(11-15)18(19-4)12-17-13(2)7-6-8-14(17)3/h6-8,15-16,18-19H,5,9-12H2,1-4H3. The predicted octanol–water partition coefficient (Wildman–Crippen LogP) is 4.26. The van der Waals surface area contributed by atoms with E-state index in [4.69, 9.17) is 0 Å². The van der Waals surface area contributed by atoms with Gasteiger partial charge in [-0.3, -0.25) is 0 Å². The Kier molecular flexibility index (Phi) is 5.04. The van der Waals surface area contributed by atoms with Gasteiger partial charge >= 0.3 is 0 Å². The van der Waals surface area contributed by atoms with Crippen LogP contribution < -0.4 is 5.32 Å². The van der Waals surface area contributed by atoms with Gasteiger partial charge in [0.1, 0.15) is 0 Å². The minimum atomic E-state index is 0.649. The van der Waals surface area contributed by atoms with Gasteiger partial charge in [0.15, 0.2) is 0 Å². The number of hydrogen-bond donors (Lipinski definition) is 1. The van der Waals surface area contributed by atoms with E-state index < -0.39 is 0 Å². The molecular weight excluding hydrogens is 230 g/mol. The molecule has 1 aromatic rings. The van der Waals surface area contributed by atoms with Crippen molar-refractivity contribution >= 4 is 0 Å². The Morgan fingerprint density at radius 3 is 2.42 bits per heavy atom. The monoisotopic (exact) mass is 259 g/mol. The average Bonchev–Trinajstić information content (AvgIpc) is 2.87. The lowest BCUT2D eigenvalue weighted by Gasteiger charge is -2.25. The topological polar surface area (TPSA) is 12.0 Å². The summed E-state index contributed by atoms with van der Waals surface area (Å²) in [4.78, 5) is 0. The van der Waals surface area contributed by atoms with Crippen molar-refractivity contribution in [1.29, 1.82) is 0 Å². The molecular formula is C18H29N. The Morgan fingerprint density at radius 1 is 1.21 bits per heavy atom. The zero-order chi connectivity index (χ0) is 13.8. The molecule has 0 heterocycles. The molecule has 0 aliphatic heterocycles. The molecule has 0 saturated heterocycles. The second-order valence-corrected chi connectivity index (χ2v) is 6.32. The van der Waals surface area contributed by atoms with Gasteiger partial charge in [-0.2, -0.15) is 0 Å². The maximum atomic E-state index is 3.59. The van der Waals surface area contributed by atoms with Crippen LogP contribution in [0.3, 0.4) is 0 Å². The van der Waals surface area contributed by atoms with E-state index in [1.807, 2.05) is 0 Å². The zero-order valence-corrected chi connectivity index (χ0v) is 13.0. The number of benzene rings is 1. The minimum absolute atomic E-state index is 0.649. The van der Waals surface area contributed by atoms with E-state index >= 15 is 0 Å². The molecule has 3 unspecified atom stereocenters. The van der Waals surface area contributed by atoms with E-state index in [2.05, 4.69) is 51.3 Å². The van der Waals surface area contributed by atoms with Crippen molar-refractivity contribution in [2.45, 2.75) is 58.9 Å². The first kappa shape index (κ1) is 14.6. The fraction of sp³-hybridized carbons (Fsp3) is 0.667. The third-order valence-electron chi connectivity index (χ3n) is 5.17. The third kappa shape index (κ3) is 3.39. The van der Waals surface area contributed by atoms with E-state index in [-0.39, 0.29) is 0 Å². The van der Waals surface area contributed by atoms with Crippen molar-refractivity contribution < 1.29 is 0 Å². The fourth-order valence-corrected chi connectivity index (χ4v) is 3.75. The first-order valence-corrected chi connectivity index (χ1v) is 7.88. The average molecular weight is 259 g/mol. The van der Waals surface area contributed by atoms with Crippen LogP contribution in [0.4, 0.5) is 0 Å². The number of nitrogens with one attached hydrogen (secondary N) is 1. The second-order valence-electron chi connectivity index (χ2n) is 6.32. The van der Waals surface area contributed by atoms with Gasteiger partial charge in [0.05, 0.1) is 0 Å². The smallest absolute Gasteiger partial charge is 0.0133 e. The van der Waals surface area contributed by atoms with Gasteiger partial charge < -0.3 is 5.32 Å². The number of rotatable bonds is 5. The van der Waals surface area contributed by atoms with Crippen LogP contribution in [0, 0.1) is 25.7 Å². The summed E-state index contributed by atoms with van der Waals surface area (Å²) in [7, 11) is 2.14. The minimum Gasteiger partial charge on any atom is -0.316 e. The molecule has 1 heteroatoms. The van der Waals surface area contributed by atoms with Crippen LogP contribution in [0.25, 0.3) is 0 Å². The van der Waals surface area contributed by atoms with Crippen LogP contribution in [0.1, 0.15) is 49.3 Å². The molecule has 1 N–H and O–H groups in total. The van der Waals surface area contributed by atoms with Crippen molar-refractivity contribution in [2.24, 2.45) is 11.8 Å². The third-order valence-corrected chi connectivity index (χ3v) is 5.17. The molecule has 106 valence electrons. The summed E-state index contributed by atoms with van der Waals surface area (Å²) < 4.78 is 0. The summed E-state index contributed by atoms with van der Waals surface area (Å²) in [6.07, 6.45) is 6.82. The Balaban J connectivity index is 2.07. The van der Waals surface area contributed by atoms with Crippen LogP contribution in [-0.4, -0.2) is 13.1 Å². The second kappa shape index (κ2) is 6.56. The zero-order valence-electron chi connectivity index (χ0n) is 13.0. The predicted molar refractivity (Wildman–Crippen MR) is 83.6 cm³/mol. The molecule has 1 saturated carbocycles. The molecule has 0 aromatic heterocycles. The number of hydrogen-bond acceptors (Lipinski definition) is 1. The van der Waals surface area contributed by atoms with Gasteiger partial charge in [0.25, 0.3) is 0 Å². The maximum absolute atomic E-state index is 3.59. The van der Waals surface area contributed by atoms with Gasteiger partial charge in [-0.25, -0.2) is 0 Å². The molecule has 1 aliphatic carbocycles. The molecule has 3 atom stereocenters. The van der Waals surface area contributed by atoms with Gasteiger partial charge in [-0.1, -0.05) is 38.0 Å². The van der Waals surface area contributed by atoms with Crippen molar-refractivity contribution in [3.05, 3.63) is 34.9 Å². The normalized spacial score (nSPS) is 24.6. The van der Waals surface area contributed by atoms with E-state index in [0.29, 0.717) is 6.04 Å². The molecule has 0 amide bonds. The lowest BCUT2D eigenvalue weighted by molar-refractivity contribution is 0.361. The first-order valence-electron chi connectivity index (χ1n) is 7.88. The van der Waals surface area contributed by atoms with Crippen LogP contribution in [0.15, 0.2) is 18.2 Å². The van der Waals surface area contributed by atoms with Crippen LogP contribution in [0.5, 0.6) is 0 Å². The first-order chi connectivity index (χ1) is 9.15. The van der Waals surface area contributed by atoms with Crippen molar-refractivity contribution in [3.8, 4) is 0 Å². The van der Waals surface area contributed by atoms with E-state index in [0.717, 1.165) is 11.8 Å². The van der Waals surface area contributed by atoms with E-state index in [1.54, 1.807) is 5.56 Å². The van der Waals surface area contributed by atoms with Crippen molar-refractivity contribution in [2.75, 3.05) is 7.05 Å². The van der Waals surface area contributed by atoms with Gasteiger partial charge in [0, 0.05) is 6.04 Å². The Hall–Kier alpha value is -0.820. The fourth-order valence-electron chi connectivity index (χ4n) is 3.75. The summed E-state index contributed by atoms with van der Waals surface area (Å²) in [5.41, 5.74) is 4.46. The Morgan fingerprint density at radius 2 is 1.89 bits per heavy atom. The van der Waals surface area contributed by atoms with Gasteiger partial charge in [-0.05, 0) is 68.7 Å². The lowest BCUT2D eigenvalue weighted by atomic mass is 9.88.